The van der Waals surface area contributed by atoms with Crippen LogP contribution in [0.3, 0.4) is 0 Å². The molecule has 0 saturated carbocycles. The highest BCUT2D eigenvalue weighted by atomic mass is 32.1. The number of aromatic nitrogens is 1. The van der Waals surface area contributed by atoms with Crippen LogP contribution in [0.25, 0.3) is 0 Å². The van der Waals surface area contributed by atoms with Crippen molar-refractivity contribution >= 4 is 22.9 Å². The summed E-state index contributed by atoms with van der Waals surface area (Å²) in [6, 6.07) is 7.43. The number of nitrogens with zero attached hydrogens (tertiary/aromatic N) is 1. The summed E-state index contributed by atoms with van der Waals surface area (Å²) in [4.78, 5) is 16.4. The molecule has 0 spiro atoms. The molecular formula is C15H19N3O2S. The third-order valence-corrected chi connectivity index (χ3v) is 4.00. The zero-order valence-corrected chi connectivity index (χ0v) is 12.7. The summed E-state index contributed by atoms with van der Waals surface area (Å²) in [5.41, 5.74) is 7.93. The van der Waals surface area contributed by atoms with Crippen LogP contribution in [0.15, 0.2) is 29.6 Å². The molecule has 0 saturated heterocycles. The van der Waals surface area contributed by atoms with Gasteiger partial charge in [-0.15, -0.1) is 11.3 Å². The summed E-state index contributed by atoms with van der Waals surface area (Å²) < 4.78 is 0. The Bertz CT molecular complexity index is 610. The Kier molecular flexibility index (Phi) is 5.44. The number of thiazole rings is 1. The van der Waals surface area contributed by atoms with Gasteiger partial charge in [0.2, 0.25) is 0 Å². The van der Waals surface area contributed by atoms with Crippen molar-refractivity contribution in [2.75, 3.05) is 11.9 Å². The van der Waals surface area contributed by atoms with E-state index in [0.717, 1.165) is 22.7 Å². The largest absolute Gasteiger partial charge is 0.396 e. The van der Waals surface area contributed by atoms with Gasteiger partial charge in [-0.1, -0.05) is 12.1 Å². The van der Waals surface area contributed by atoms with Gasteiger partial charge in [0.25, 0.3) is 5.91 Å². The number of carbonyl (C=O) groups excluding carboxylic acids is 1. The lowest BCUT2D eigenvalue weighted by molar-refractivity contribution is 0.102. The molecule has 6 heteroatoms. The topological polar surface area (TPSA) is 88.2 Å². The second-order valence-electron chi connectivity index (χ2n) is 4.84. The molecule has 0 aliphatic carbocycles. The standard InChI is InChI=1S/C15H19N3O2S/c1-10(16)15-18-13(9-21-15)14(20)17-12-6-2-4-11(8-12)5-3-7-19/h2,4,6,8-10,19H,3,5,7,16H2,1H3,(H,17,20). The minimum absolute atomic E-state index is 0.162. The highest BCUT2D eigenvalue weighted by Crippen LogP contribution is 2.18. The Hall–Kier alpha value is -1.76. The van der Waals surface area contributed by atoms with Gasteiger partial charge in [0.15, 0.2) is 0 Å². The molecule has 112 valence electrons. The summed E-state index contributed by atoms with van der Waals surface area (Å²) in [5, 5.41) is 14.1. The van der Waals surface area contributed by atoms with Crippen LogP contribution >= 0.6 is 11.3 Å². The van der Waals surface area contributed by atoms with E-state index in [2.05, 4.69) is 10.3 Å². The lowest BCUT2D eigenvalue weighted by Crippen LogP contribution is -2.13. The van der Waals surface area contributed by atoms with E-state index in [1.165, 1.54) is 11.3 Å². The molecule has 0 radical (unpaired) electrons. The third-order valence-electron chi connectivity index (χ3n) is 2.95. The van der Waals surface area contributed by atoms with Crippen molar-refractivity contribution in [2.24, 2.45) is 5.73 Å². The van der Waals surface area contributed by atoms with E-state index in [1.54, 1.807) is 5.38 Å². The van der Waals surface area contributed by atoms with Gasteiger partial charge in [-0.05, 0) is 37.5 Å². The number of aliphatic hydroxyl groups excluding tert-OH is 1. The van der Waals surface area contributed by atoms with E-state index in [1.807, 2.05) is 31.2 Å². The number of benzene rings is 1. The smallest absolute Gasteiger partial charge is 0.275 e. The minimum atomic E-state index is -0.238. The maximum atomic E-state index is 12.1. The average molecular weight is 305 g/mol. The van der Waals surface area contributed by atoms with Crippen molar-refractivity contribution in [1.29, 1.82) is 0 Å². The number of rotatable bonds is 6. The van der Waals surface area contributed by atoms with Crippen molar-refractivity contribution < 1.29 is 9.90 Å². The van der Waals surface area contributed by atoms with Crippen LogP contribution < -0.4 is 11.1 Å². The molecule has 5 nitrogen and oxygen atoms in total. The summed E-state index contributed by atoms with van der Waals surface area (Å²) in [5.74, 6) is -0.238. The normalized spacial score (nSPS) is 12.1. The van der Waals surface area contributed by atoms with E-state index in [-0.39, 0.29) is 18.6 Å². The molecule has 1 amide bonds. The van der Waals surface area contributed by atoms with Gasteiger partial charge in [-0.2, -0.15) is 0 Å². The summed E-state index contributed by atoms with van der Waals surface area (Å²) in [6.07, 6.45) is 1.49. The minimum Gasteiger partial charge on any atom is -0.396 e. The molecule has 4 N–H and O–H groups in total. The van der Waals surface area contributed by atoms with Crippen molar-refractivity contribution in [3.63, 3.8) is 0 Å². The van der Waals surface area contributed by atoms with E-state index < -0.39 is 0 Å². The van der Waals surface area contributed by atoms with Crippen LogP contribution in [0.2, 0.25) is 0 Å². The van der Waals surface area contributed by atoms with Crippen LogP contribution in [0.4, 0.5) is 5.69 Å². The first-order valence-corrected chi connectivity index (χ1v) is 7.70. The molecule has 2 aromatic rings. The first-order valence-electron chi connectivity index (χ1n) is 6.82. The molecule has 2 rings (SSSR count). The first-order chi connectivity index (χ1) is 10.1. The summed E-state index contributed by atoms with van der Waals surface area (Å²) >= 11 is 1.39. The zero-order valence-electron chi connectivity index (χ0n) is 11.9. The number of hydrogen-bond acceptors (Lipinski definition) is 5. The molecule has 0 aliphatic rings. The fraction of sp³-hybridized carbons (Fsp3) is 0.333. The number of carbonyl (C=O) groups is 1. The van der Waals surface area contributed by atoms with Crippen LogP contribution in [0.1, 0.15) is 40.4 Å². The Morgan fingerprint density at radius 3 is 3.00 bits per heavy atom. The maximum Gasteiger partial charge on any atom is 0.275 e. The summed E-state index contributed by atoms with van der Waals surface area (Å²) in [7, 11) is 0. The Balaban J connectivity index is 2.04. The van der Waals surface area contributed by atoms with Crippen LogP contribution in [-0.2, 0) is 6.42 Å². The number of anilines is 1. The van der Waals surface area contributed by atoms with Gasteiger partial charge in [0.1, 0.15) is 10.7 Å². The van der Waals surface area contributed by atoms with E-state index in [9.17, 15) is 4.79 Å². The SMILES string of the molecule is CC(N)c1nc(C(=O)Nc2cccc(CCCO)c2)cs1. The zero-order chi connectivity index (χ0) is 15.2. The molecule has 0 aliphatic heterocycles. The van der Waals surface area contributed by atoms with E-state index in [0.29, 0.717) is 12.1 Å². The van der Waals surface area contributed by atoms with Crippen molar-refractivity contribution in [3.05, 3.63) is 45.9 Å². The Morgan fingerprint density at radius 2 is 2.33 bits per heavy atom. The van der Waals surface area contributed by atoms with Gasteiger partial charge in [-0.3, -0.25) is 4.79 Å². The average Bonchev–Trinajstić information content (AvgIpc) is 2.95. The second kappa shape index (κ2) is 7.31. The molecule has 1 atom stereocenters. The molecule has 0 fully saturated rings. The molecule has 21 heavy (non-hydrogen) atoms. The second-order valence-corrected chi connectivity index (χ2v) is 5.73. The number of hydrogen-bond donors (Lipinski definition) is 3. The molecule has 1 unspecified atom stereocenters. The molecule has 1 aromatic heterocycles. The van der Waals surface area contributed by atoms with E-state index >= 15 is 0 Å². The lowest BCUT2D eigenvalue weighted by Gasteiger charge is -2.06. The number of aryl methyl sites for hydroxylation is 1. The number of nitrogens with one attached hydrogen (secondary N) is 1. The van der Waals surface area contributed by atoms with Gasteiger partial charge >= 0.3 is 0 Å². The van der Waals surface area contributed by atoms with Gasteiger partial charge in [0.05, 0.1) is 6.04 Å². The maximum absolute atomic E-state index is 12.1. The van der Waals surface area contributed by atoms with E-state index in [4.69, 9.17) is 10.8 Å². The van der Waals surface area contributed by atoms with Crippen LogP contribution in [-0.4, -0.2) is 22.6 Å². The van der Waals surface area contributed by atoms with Crippen LogP contribution in [0.5, 0.6) is 0 Å². The predicted molar refractivity (Wildman–Crippen MR) is 84.5 cm³/mol. The summed E-state index contributed by atoms with van der Waals surface area (Å²) in [6.45, 7) is 2.00. The predicted octanol–water partition coefficient (Wildman–Crippen LogP) is 2.34. The monoisotopic (exact) mass is 305 g/mol. The number of nitrogens with two attached hydrogens (primary N) is 1. The van der Waals surface area contributed by atoms with Crippen molar-refractivity contribution in [1.82, 2.24) is 4.98 Å². The van der Waals surface area contributed by atoms with Crippen LogP contribution in [0, 0.1) is 0 Å². The fourth-order valence-electron chi connectivity index (χ4n) is 1.88. The number of aliphatic hydroxyl groups is 1. The van der Waals surface area contributed by atoms with Gasteiger partial charge in [-0.25, -0.2) is 4.98 Å². The Morgan fingerprint density at radius 1 is 1.52 bits per heavy atom. The van der Waals surface area contributed by atoms with Gasteiger partial charge in [0, 0.05) is 17.7 Å². The highest BCUT2D eigenvalue weighted by molar-refractivity contribution is 7.09. The molecule has 1 aromatic carbocycles. The Labute approximate surface area is 127 Å². The molecule has 0 bridgehead atoms. The lowest BCUT2D eigenvalue weighted by atomic mass is 10.1. The van der Waals surface area contributed by atoms with Crippen molar-refractivity contribution in [3.8, 4) is 0 Å². The first kappa shape index (κ1) is 15.6. The van der Waals surface area contributed by atoms with Crippen molar-refractivity contribution in [2.45, 2.75) is 25.8 Å². The quantitative estimate of drug-likeness (QED) is 0.764. The molecular weight excluding hydrogens is 286 g/mol. The third kappa shape index (κ3) is 4.35. The van der Waals surface area contributed by atoms with Gasteiger partial charge < -0.3 is 16.2 Å². The highest BCUT2D eigenvalue weighted by Gasteiger charge is 2.13. The fourth-order valence-corrected chi connectivity index (χ4v) is 2.64. The number of amides is 1. The molecule has 1 heterocycles.